The van der Waals surface area contributed by atoms with Crippen molar-refractivity contribution in [2.75, 3.05) is 26.4 Å². The second-order valence-electron chi connectivity index (χ2n) is 20.6. The lowest BCUT2D eigenvalue weighted by atomic mass is 10.0. The molecular weight excluding hydrogens is 906 g/mol. The smallest absolute Gasteiger partial charge is 0.462 e. The molecule has 0 aliphatic carbocycles. The SMILES string of the molecule is CCCCCC/C=C\CCCCCCCC(=O)OCC(COP(=O)(O)OCCN)OC(=O)CCCCCCCCCCCCCCCCCCCCCCCCCCC/C=C\C/C=C\CCCCCCC. The van der Waals surface area contributed by atoms with Crippen LogP contribution in [-0.2, 0) is 32.7 Å². The van der Waals surface area contributed by atoms with Crippen molar-refractivity contribution >= 4 is 19.8 Å². The van der Waals surface area contributed by atoms with Crippen LogP contribution in [0.15, 0.2) is 36.5 Å². The van der Waals surface area contributed by atoms with Gasteiger partial charge in [-0.2, -0.15) is 0 Å². The van der Waals surface area contributed by atoms with Gasteiger partial charge in [-0.1, -0.05) is 262 Å². The van der Waals surface area contributed by atoms with Crippen LogP contribution in [-0.4, -0.2) is 49.3 Å². The Labute approximate surface area is 439 Å². The molecule has 0 amide bonds. The highest BCUT2D eigenvalue weighted by atomic mass is 31.2. The Kier molecular flexibility index (Phi) is 56.1. The van der Waals surface area contributed by atoms with Crippen LogP contribution in [0.25, 0.3) is 0 Å². The van der Waals surface area contributed by atoms with Crippen molar-refractivity contribution in [2.45, 2.75) is 315 Å². The summed E-state index contributed by atoms with van der Waals surface area (Å²) in [6, 6.07) is 0. The van der Waals surface area contributed by atoms with E-state index in [0.717, 1.165) is 57.8 Å². The van der Waals surface area contributed by atoms with Crippen molar-refractivity contribution in [2.24, 2.45) is 5.73 Å². The molecule has 0 aromatic rings. The van der Waals surface area contributed by atoms with E-state index in [4.69, 9.17) is 24.3 Å². The molecule has 0 aliphatic rings. The summed E-state index contributed by atoms with van der Waals surface area (Å²) in [6.07, 6.45) is 69.5. The standard InChI is InChI=1S/C61H116NO8P/c1-3-5-7-9-11-13-15-17-18-19-20-21-22-23-24-25-26-27-28-29-30-31-32-33-34-35-36-37-38-39-40-42-44-46-48-50-52-54-61(64)70-59(58-69-71(65,66)68-56-55-62)57-67-60(63)53-51-49-47-45-43-41-16-14-12-10-8-6-4-2/h14-17,19-20,59H,3-13,18,21-58,62H2,1-2H3,(H,65,66)/b16-14-,17-15-,20-19-. The lowest BCUT2D eigenvalue weighted by molar-refractivity contribution is -0.161. The van der Waals surface area contributed by atoms with Gasteiger partial charge in [-0.15, -0.1) is 0 Å². The summed E-state index contributed by atoms with van der Waals surface area (Å²) < 4.78 is 33.0. The number of phosphoric ester groups is 1. The third kappa shape index (κ3) is 57.4. The van der Waals surface area contributed by atoms with Crippen LogP contribution >= 0.6 is 7.82 Å². The van der Waals surface area contributed by atoms with Gasteiger partial charge in [0.05, 0.1) is 13.2 Å². The van der Waals surface area contributed by atoms with Gasteiger partial charge in [0.2, 0.25) is 0 Å². The Morgan fingerprint density at radius 1 is 0.423 bits per heavy atom. The normalized spacial score (nSPS) is 13.2. The Morgan fingerprint density at radius 3 is 1.10 bits per heavy atom. The van der Waals surface area contributed by atoms with Crippen LogP contribution in [0.1, 0.15) is 309 Å². The van der Waals surface area contributed by atoms with E-state index >= 15 is 0 Å². The molecule has 2 atom stereocenters. The predicted molar refractivity (Wildman–Crippen MR) is 303 cm³/mol. The lowest BCUT2D eigenvalue weighted by Crippen LogP contribution is -2.29. The zero-order valence-corrected chi connectivity index (χ0v) is 47.6. The Balaban J connectivity index is 3.76. The van der Waals surface area contributed by atoms with Crippen LogP contribution in [0.3, 0.4) is 0 Å². The molecule has 0 saturated carbocycles. The average molecular weight is 1020 g/mol. The summed E-state index contributed by atoms with van der Waals surface area (Å²) in [5.41, 5.74) is 5.37. The van der Waals surface area contributed by atoms with E-state index in [1.54, 1.807) is 0 Å². The molecule has 0 fully saturated rings. The number of unbranched alkanes of at least 4 members (excludes halogenated alkanes) is 39. The minimum absolute atomic E-state index is 0.0542. The van der Waals surface area contributed by atoms with E-state index in [1.165, 1.54) is 218 Å². The van der Waals surface area contributed by atoms with Gasteiger partial charge in [0, 0.05) is 19.4 Å². The predicted octanol–water partition coefficient (Wildman–Crippen LogP) is 19.2. The molecule has 418 valence electrons. The molecule has 0 aromatic heterocycles. The minimum atomic E-state index is -4.38. The highest BCUT2D eigenvalue weighted by Gasteiger charge is 2.26. The van der Waals surface area contributed by atoms with Crippen molar-refractivity contribution < 1.29 is 37.6 Å². The van der Waals surface area contributed by atoms with E-state index < -0.39 is 26.5 Å². The molecule has 10 heteroatoms. The fraction of sp³-hybridized carbons (Fsp3) is 0.869. The van der Waals surface area contributed by atoms with Gasteiger partial charge in [-0.25, -0.2) is 4.57 Å². The average Bonchev–Trinajstić information content (AvgIpc) is 3.36. The van der Waals surface area contributed by atoms with Gasteiger partial charge in [0.15, 0.2) is 6.10 Å². The summed E-state index contributed by atoms with van der Waals surface area (Å²) >= 11 is 0. The first-order chi connectivity index (χ1) is 34.8. The molecule has 0 radical (unpaired) electrons. The summed E-state index contributed by atoms with van der Waals surface area (Å²) in [6.45, 7) is 3.74. The van der Waals surface area contributed by atoms with Gasteiger partial charge in [-0.3, -0.25) is 18.6 Å². The fourth-order valence-electron chi connectivity index (χ4n) is 8.96. The highest BCUT2D eigenvalue weighted by molar-refractivity contribution is 7.47. The minimum Gasteiger partial charge on any atom is -0.462 e. The molecule has 0 aliphatic heterocycles. The number of phosphoric acid groups is 1. The van der Waals surface area contributed by atoms with Crippen LogP contribution in [0.5, 0.6) is 0 Å². The van der Waals surface area contributed by atoms with Gasteiger partial charge in [-0.05, 0) is 70.6 Å². The number of ether oxygens (including phenoxy) is 2. The molecule has 0 heterocycles. The first kappa shape index (κ1) is 69.2. The van der Waals surface area contributed by atoms with E-state index in [9.17, 15) is 19.0 Å². The third-order valence-electron chi connectivity index (χ3n) is 13.5. The maximum atomic E-state index is 12.7. The number of allylic oxidation sites excluding steroid dienone is 6. The summed E-state index contributed by atoms with van der Waals surface area (Å²) in [4.78, 5) is 35.1. The zero-order valence-electron chi connectivity index (χ0n) is 46.7. The van der Waals surface area contributed by atoms with Crippen LogP contribution < -0.4 is 5.73 Å². The van der Waals surface area contributed by atoms with Gasteiger partial charge in [0.25, 0.3) is 0 Å². The van der Waals surface area contributed by atoms with E-state index in [1.807, 2.05) is 0 Å². The Hall–Kier alpha value is -1.77. The van der Waals surface area contributed by atoms with Crippen LogP contribution in [0, 0.1) is 0 Å². The first-order valence-corrected chi connectivity index (χ1v) is 32.0. The number of nitrogens with two attached hydrogens (primary N) is 1. The molecule has 0 bridgehead atoms. The quantitative estimate of drug-likeness (QED) is 0.0264. The van der Waals surface area contributed by atoms with Crippen LogP contribution in [0.2, 0.25) is 0 Å². The lowest BCUT2D eigenvalue weighted by Gasteiger charge is -2.19. The molecule has 0 aromatic carbocycles. The Morgan fingerprint density at radius 2 is 0.732 bits per heavy atom. The summed E-state index contributed by atoms with van der Waals surface area (Å²) in [5, 5.41) is 0. The second-order valence-corrected chi connectivity index (χ2v) is 22.0. The van der Waals surface area contributed by atoms with E-state index in [-0.39, 0.29) is 38.6 Å². The zero-order chi connectivity index (χ0) is 51.7. The maximum absolute atomic E-state index is 12.7. The monoisotopic (exact) mass is 1020 g/mol. The molecule has 0 spiro atoms. The first-order valence-electron chi connectivity index (χ1n) is 30.5. The van der Waals surface area contributed by atoms with Crippen LogP contribution in [0.4, 0.5) is 0 Å². The summed E-state index contributed by atoms with van der Waals surface area (Å²) in [7, 11) is -4.38. The molecule has 0 saturated heterocycles. The third-order valence-corrected chi connectivity index (χ3v) is 14.5. The molecular formula is C61H116NO8P. The topological polar surface area (TPSA) is 134 Å². The van der Waals surface area contributed by atoms with E-state index in [0.29, 0.717) is 6.42 Å². The molecule has 71 heavy (non-hydrogen) atoms. The van der Waals surface area contributed by atoms with Crippen molar-refractivity contribution in [3.05, 3.63) is 36.5 Å². The Bertz CT molecular complexity index is 1260. The number of carbonyl (C=O) groups is 2. The highest BCUT2D eigenvalue weighted by Crippen LogP contribution is 2.43. The molecule has 3 N–H and O–H groups in total. The molecule has 0 rings (SSSR count). The fourth-order valence-corrected chi connectivity index (χ4v) is 9.72. The number of rotatable bonds is 58. The summed E-state index contributed by atoms with van der Waals surface area (Å²) in [5.74, 6) is -0.825. The number of hydrogen-bond donors (Lipinski definition) is 2. The number of esters is 2. The number of carbonyl (C=O) groups excluding carboxylic acids is 2. The molecule has 2 unspecified atom stereocenters. The van der Waals surface area contributed by atoms with Gasteiger partial charge >= 0.3 is 19.8 Å². The van der Waals surface area contributed by atoms with Crippen molar-refractivity contribution in [3.8, 4) is 0 Å². The molecule has 9 nitrogen and oxygen atoms in total. The van der Waals surface area contributed by atoms with Crippen molar-refractivity contribution in [3.63, 3.8) is 0 Å². The van der Waals surface area contributed by atoms with Crippen molar-refractivity contribution in [1.29, 1.82) is 0 Å². The van der Waals surface area contributed by atoms with Gasteiger partial charge < -0.3 is 20.1 Å². The largest absolute Gasteiger partial charge is 0.472 e. The van der Waals surface area contributed by atoms with Gasteiger partial charge in [0.1, 0.15) is 6.61 Å². The second kappa shape index (κ2) is 57.5. The van der Waals surface area contributed by atoms with E-state index in [2.05, 4.69) is 50.3 Å². The van der Waals surface area contributed by atoms with Crippen molar-refractivity contribution in [1.82, 2.24) is 0 Å². The number of hydrogen-bond acceptors (Lipinski definition) is 8. The maximum Gasteiger partial charge on any atom is 0.472 e.